The molecular formula is C14H23N3O2S. The highest BCUT2D eigenvalue weighted by Crippen LogP contribution is 2.20. The van der Waals surface area contributed by atoms with Gasteiger partial charge in [0.05, 0.1) is 0 Å². The standard InChI is InChI=1S/C14H23N3O2S/c1-11-9-13(18)17(14(19)15-11)8-7-16-5-3-12(4-6-16)10-20-2/h9,12H,3-8,10H2,1-2H3,(H,15,19). The fourth-order valence-corrected chi connectivity index (χ4v) is 3.51. The smallest absolute Gasteiger partial charge is 0.311 e. The van der Waals surface area contributed by atoms with Gasteiger partial charge in [-0.25, -0.2) is 4.79 Å². The molecular weight excluding hydrogens is 274 g/mol. The highest BCUT2D eigenvalue weighted by Gasteiger charge is 2.18. The van der Waals surface area contributed by atoms with E-state index < -0.39 is 0 Å². The van der Waals surface area contributed by atoms with Crippen molar-refractivity contribution in [3.05, 3.63) is 32.6 Å². The van der Waals surface area contributed by atoms with Gasteiger partial charge in [-0.05, 0) is 50.8 Å². The zero-order valence-corrected chi connectivity index (χ0v) is 13.0. The number of piperidine rings is 1. The van der Waals surface area contributed by atoms with Crippen LogP contribution < -0.4 is 11.2 Å². The van der Waals surface area contributed by atoms with Crippen molar-refractivity contribution in [1.29, 1.82) is 0 Å². The molecule has 1 aromatic rings. The maximum Gasteiger partial charge on any atom is 0.328 e. The molecule has 0 bridgehead atoms. The van der Waals surface area contributed by atoms with Crippen molar-refractivity contribution in [2.45, 2.75) is 26.3 Å². The number of H-pyrrole nitrogens is 1. The third-order valence-corrected chi connectivity index (χ3v) is 4.71. The predicted octanol–water partition coefficient (Wildman–Crippen LogP) is 0.920. The minimum absolute atomic E-state index is 0.205. The molecule has 1 aliphatic heterocycles. The van der Waals surface area contributed by atoms with Crippen molar-refractivity contribution in [3.63, 3.8) is 0 Å². The summed E-state index contributed by atoms with van der Waals surface area (Å²) in [4.78, 5) is 28.6. The summed E-state index contributed by atoms with van der Waals surface area (Å²) in [6.45, 7) is 5.12. The molecule has 112 valence electrons. The minimum Gasteiger partial charge on any atom is -0.311 e. The molecule has 0 aromatic carbocycles. The zero-order chi connectivity index (χ0) is 14.5. The Labute approximate surface area is 123 Å². The number of rotatable bonds is 5. The molecule has 1 saturated heterocycles. The largest absolute Gasteiger partial charge is 0.328 e. The molecule has 1 aromatic heterocycles. The van der Waals surface area contributed by atoms with Crippen LogP contribution in [0.5, 0.6) is 0 Å². The number of likely N-dealkylation sites (tertiary alicyclic amines) is 1. The average molecular weight is 297 g/mol. The lowest BCUT2D eigenvalue weighted by Gasteiger charge is -2.31. The lowest BCUT2D eigenvalue weighted by atomic mass is 9.99. The van der Waals surface area contributed by atoms with Crippen LogP contribution in [0.15, 0.2) is 15.7 Å². The summed E-state index contributed by atoms with van der Waals surface area (Å²) in [6.07, 6.45) is 4.60. The van der Waals surface area contributed by atoms with Gasteiger partial charge in [0, 0.05) is 24.8 Å². The van der Waals surface area contributed by atoms with Gasteiger partial charge in [0.15, 0.2) is 0 Å². The van der Waals surface area contributed by atoms with Crippen LogP contribution >= 0.6 is 11.8 Å². The summed E-state index contributed by atoms with van der Waals surface area (Å²) in [7, 11) is 0. The van der Waals surface area contributed by atoms with Gasteiger partial charge in [0.2, 0.25) is 0 Å². The van der Waals surface area contributed by atoms with Gasteiger partial charge in [0.25, 0.3) is 5.56 Å². The van der Waals surface area contributed by atoms with E-state index in [1.54, 1.807) is 6.92 Å². The highest BCUT2D eigenvalue weighted by atomic mass is 32.2. The number of aromatic nitrogens is 2. The molecule has 1 aliphatic rings. The lowest BCUT2D eigenvalue weighted by molar-refractivity contribution is 0.187. The molecule has 20 heavy (non-hydrogen) atoms. The first kappa shape index (κ1) is 15.4. The van der Waals surface area contributed by atoms with Gasteiger partial charge in [-0.1, -0.05) is 0 Å². The van der Waals surface area contributed by atoms with Crippen molar-refractivity contribution in [2.75, 3.05) is 31.6 Å². The topological polar surface area (TPSA) is 58.1 Å². The SMILES string of the molecule is CSCC1CCN(CCn2c(=O)cc(C)[nH]c2=O)CC1. The first-order valence-electron chi connectivity index (χ1n) is 7.12. The molecule has 0 atom stereocenters. The molecule has 5 nitrogen and oxygen atoms in total. The van der Waals surface area contributed by atoms with Crippen LogP contribution in [0.2, 0.25) is 0 Å². The Kier molecular flexibility index (Phi) is 5.48. The predicted molar refractivity (Wildman–Crippen MR) is 83.6 cm³/mol. The van der Waals surface area contributed by atoms with E-state index in [1.165, 1.54) is 29.2 Å². The van der Waals surface area contributed by atoms with E-state index in [1.807, 2.05) is 11.8 Å². The second kappa shape index (κ2) is 7.13. The Hall–Kier alpha value is -1.01. The fraction of sp³-hybridized carbons (Fsp3) is 0.714. The average Bonchev–Trinajstić information content (AvgIpc) is 2.39. The van der Waals surface area contributed by atoms with Crippen LogP contribution in [0.3, 0.4) is 0 Å². The molecule has 0 spiro atoms. The summed E-state index contributed by atoms with van der Waals surface area (Å²) in [5.41, 5.74) is 0.116. The number of aryl methyl sites for hydroxylation is 1. The van der Waals surface area contributed by atoms with Crippen LogP contribution in [-0.2, 0) is 6.54 Å². The summed E-state index contributed by atoms with van der Waals surface area (Å²) < 4.78 is 1.29. The Bertz CT molecular complexity index is 513. The Balaban J connectivity index is 1.88. The third kappa shape index (κ3) is 3.99. The van der Waals surface area contributed by atoms with E-state index in [4.69, 9.17) is 0 Å². The number of thioether (sulfide) groups is 1. The van der Waals surface area contributed by atoms with Gasteiger partial charge < -0.3 is 9.88 Å². The number of nitrogens with one attached hydrogen (secondary N) is 1. The Morgan fingerprint density at radius 1 is 1.30 bits per heavy atom. The van der Waals surface area contributed by atoms with E-state index in [0.29, 0.717) is 12.2 Å². The van der Waals surface area contributed by atoms with Gasteiger partial charge >= 0.3 is 5.69 Å². The molecule has 0 saturated carbocycles. The van der Waals surface area contributed by atoms with Crippen molar-refractivity contribution < 1.29 is 0 Å². The molecule has 6 heteroatoms. The van der Waals surface area contributed by atoms with Crippen LogP contribution in [0.25, 0.3) is 0 Å². The molecule has 2 rings (SSSR count). The van der Waals surface area contributed by atoms with Crippen LogP contribution in [0.1, 0.15) is 18.5 Å². The fourth-order valence-electron chi connectivity index (χ4n) is 2.70. The first-order chi connectivity index (χ1) is 9.60. The molecule has 0 unspecified atom stereocenters. The molecule has 1 N–H and O–H groups in total. The van der Waals surface area contributed by atoms with E-state index >= 15 is 0 Å². The van der Waals surface area contributed by atoms with Crippen LogP contribution in [-0.4, -0.2) is 46.1 Å². The number of nitrogens with zero attached hydrogens (tertiary/aromatic N) is 2. The van der Waals surface area contributed by atoms with E-state index in [0.717, 1.165) is 25.6 Å². The number of aromatic amines is 1. The summed E-state index contributed by atoms with van der Waals surface area (Å²) in [6, 6.07) is 1.48. The van der Waals surface area contributed by atoms with Crippen molar-refractivity contribution in [2.24, 2.45) is 5.92 Å². The Morgan fingerprint density at radius 2 is 2.00 bits per heavy atom. The third-order valence-electron chi connectivity index (χ3n) is 3.90. The molecule has 0 amide bonds. The number of hydrogen-bond donors (Lipinski definition) is 1. The normalized spacial score (nSPS) is 17.5. The molecule has 0 radical (unpaired) electrons. The van der Waals surface area contributed by atoms with Gasteiger partial charge in [0.1, 0.15) is 0 Å². The van der Waals surface area contributed by atoms with Crippen molar-refractivity contribution in [1.82, 2.24) is 14.5 Å². The van der Waals surface area contributed by atoms with E-state index in [9.17, 15) is 9.59 Å². The van der Waals surface area contributed by atoms with Crippen LogP contribution in [0, 0.1) is 12.8 Å². The second-order valence-electron chi connectivity index (χ2n) is 5.49. The molecule has 0 aliphatic carbocycles. The maximum absolute atomic E-state index is 11.8. The summed E-state index contributed by atoms with van der Waals surface area (Å²) in [5, 5.41) is 0. The molecule has 2 heterocycles. The zero-order valence-electron chi connectivity index (χ0n) is 12.2. The van der Waals surface area contributed by atoms with Gasteiger partial charge in [-0.15, -0.1) is 0 Å². The highest BCUT2D eigenvalue weighted by molar-refractivity contribution is 7.98. The number of hydrogen-bond acceptors (Lipinski definition) is 4. The quantitative estimate of drug-likeness (QED) is 0.878. The van der Waals surface area contributed by atoms with Crippen LogP contribution in [0.4, 0.5) is 0 Å². The van der Waals surface area contributed by atoms with Gasteiger partial charge in [-0.2, -0.15) is 11.8 Å². The van der Waals surface area contributed by atoms with E-state index in [-0.39, 0.29) is 11.2 Å². The van der Waals surface area contributed by atoms with E-state index in [2.05, 4.69) is 16.1 Å². The lowest BCUT2D eigenvalue weighted by Crippen LogP contribution is -2.41. The van der Waals surface area contributed by atoms with Crippen molar-refractivity contribution >= 4 is 11.8 Å². The summed E-state index contributed by atoms with van der Waals surface area (Å²) >= 11 is 1.92. The van der Waals surface area contributed by atoms with Crippen molar-refractivity contribution in [3.8, 4) is 0 Å². The summed E-state index contributed by atoms with van der Waals surface area (Å²) in [5.74, 6) is 2.07. The molecule has 1 fully saturated rings. The Morgan fingerprint density at radius 3 is 2.60 bits per heavy atom. The second-order valence-corrected chi connectivity index (χ2v) is 6.40. The minimum atomic E-state index is -0.299. The maximum atomic E-state index is 11.8. The monoisotopic (exact) mass is 297 g/mol. The first-order valence-corrected chi connectivity index (χ1v) is 8.51. The van der Waals surface area contributed by atoms with Gasteiger partial charge in [-0.3, -0.25) is 9.36 Å².